The van der Waals surface area contributed by atoms with Gasteiger partial charge in [-0.15, -0.1) is 10.2 Å². The Morgan fingerprint density at radius 3 is 2.78 bits per heavy atom. The number of hydrogen-bond acceptors (Lipinski definition) is 4. The average molecular weight is 359 g/mol. The van der Waals surface area contributed by atoms with Crippen molar-refractivity contribution >= 4 is 11.3 Å². The van der Waals surface area contributed by atoms with Crippen molar-refractivity contribution in [1.82, 2.24) is 14.8 Å². The van der Waals surface area contributed by atoms with E-state index in [0.29, 0.717) is 11.4 Å². The average Bonchev–Trinajstić information content (AvgIpc) is 3.02. The number of hydrogen-bond donors (Lipinski definition) is 0. The van der Waals surface area contributed by atoms with E-state index in [1.165, 1.54) is 23.4 Å². The van der Waals surface area contributed by atoms with Gasteiger partial charge in [0.15, 0.2) is 5.82 Å². The van der Waals surface area contributed by atoms with Gasteiger partial charge < -0.3 is 9.47 Å². The molecule has 27 heavy (non-hydrogen) atoms. The van der Waals surface area contributed by atoms with Crippen LogP contribution in [0.25, 0.3) is 5.57 Å². The number of benzene rings is 1. The molecule has 0 radical (unpaired) electrons. The Labute approximate surface area is 160 Å². The molecule has 138 valence electrons. The molecule has 5 nitrogen and oxygen atoms in total. The lowest BCUT2D eigenvalue weighted by Crippen LogP contribution is -2.22. The molecule has 0 saturated heterocycles. The Morgan fingerprint density at radius 1 is 1.19 bits per heavy atom. The van der Waals surface area contributed by atoms with Gasteiger partial charge in [-0.1, -0.05) is 38.5 Å². The van der Waals surface area contributed by atoms with E-state index >= 15 is 0 Å². The van der Waals surface area contributed by atoms with E-state index in [1.807, 2.05) is 6.08 Å². The van der Waals surface area contributed by atoms with Crippen molar-refractivity contribution in [2.24, 2.45) is 0 Å². The van der Waals surface area contributed by atoms with E-state index in [9.17, 15) is 5.26 Å². The molecular weight excluding hydrogens is 334 g/mol. The number of aromatic nitrogens is 3. The molecule has 0 fully saturated rings. The van der Waals surface area contributed by atoms with Crippen molar-refractivity contribution in [3.8, 4) is 6.07 Å². The van der Waals surface area contributed by atoms with Crippen LogP contribution in [0, 0.1) is 11.3 Å². The second-order valence-electron chi connectivity index (χ2n) is 7.85. The Kier molecular flexibility index (Phi) is 4.35. The van der Waals surface area contributed by atoms with E-state index in [-0.39, 0.29) is 5.41 Å². The first kappa shape index (κ1) is 17.5. The number of allylic oxidation sites excluding steroid dienone is 4. The summed E-state index contributed by atoms with van der Waals surface area (Å²) in [5.41, 5.74) is 4.17. The van der Waals surface area contributed by atoms with Crippen LogP contribution in [0.4, 0.5) is 5.69 Å². The maximum absolute atomic E-state index is 9.77. The fourth-order valence-electron chi connectivity index (χ4n) is 4.31. The number of nitrogens with zero attached hydrogens (tertiary/aromatic N) is 5. The molecule has 0 atom stereocenters. The van der Waals surface area contributed by atoms with Gasteiger partial charge in [-0.2, -0.15) is 5.26 Å². The zero-order valence-corrected chi connectivity index (χ0v) is 16.2. The van der Waals surface area contributed by atoms with Gasteiger partial charge in [-0.25, -0.2) is 0 Å². The Hall–Kier alpha value is -2.87. The fourth-order valence-corrected chi connectivity index (χ4v) is 4.31. The summed E-state index contributed by atoms with van der Waals surface area (Å²) in [5, 5.41) is 18.4. The minimum absolute atomic E-state index is 0.107. The van der Waals surface area contributed by atoms with Gasteiger partial charge in [-0.3, -0.25) is 0 Å². The first-order chi connectivity index (χ1) is 13.0. The van der Waals surface area contributed by atoms with Crippen LogP contribution in [0.2, 0.25) is 0 Å². The molecule has 1 aromatic heterocycles. The van der Waals surface area contributed by atoms with E-state index in [0.717, 1.165) is 31.6 Å². The minimum atomic E-state index is -0.107. The van der Waals surface area contributed by atoms with Crippen molar-refractivity contribution in [3.63, 3.8) is 0 Å². The second kappa shape index (κ2) is 6.70. The van der Waals surface area contributed by atoms with Crippen LogP contribution in [0.1, 0.15) is 50.3 Å². The van der Waals surface area contributed by atoms with Crippen molar-refractivity contribution in [3.05, 3.63) is 59.3 Å². The van der Waals surface area contributed by atoms with Crippen molar-refractivity contribution in [2.45, 2.75) is 51.5 Å². The minimum Gasteiger partial charge on any atom is -0.347 e. The summed E-state index contributed by atoms with van der Waals surface area (Å²) in [6.07, 6.45) is 8.38. The molecule has 1 aromatic carbocycles. The molecule has 2 aliphatic rings. The molecule has 0 unspecified atom stereocenters. The maximum Gasteiger partial charge on any atom is 0.174 e. The summed E-state index contributed by atoms with van der Waals surface area (Å²) in [5.74, 6) is 1.70. The molecule has 0 aliphatic carbocycles. The smallest absolute Gasteiger partial charge is 0.174 e. The van der Waals surface area contributed by atoms with Crippen LogP contribution >= 0.6 is 0 Å². The lowest BCUT2D eigenvalue weighted by molar-refractivity contribution is 0.627. The zero-order valence-electron chi connectivity index (χ0n) is 16.2. The first-order valence-electron chi connectivity index (χ1n) is 9.62. The van der Waals surface area contributed by atoms with Gasteiger partial charge in [0.1, 0.15) is 11.9 Å². The highest BCUT2D eigenvalue weighted by atomic mass is 15.3. The van der Waals surface area contributed by atoms with E-state index in [1.54, 1.807) is 0 Å². The monoisotopic (exact) mass is 359 g/mol. The summed E-state index contributed by atoms with van der Waals surface area (Å²) in [7, 11) is 2.09. The molecular formula is C22H25N5. The quantitative estimate of drug-likeness (QED) is 0.753. The van der Waals surface area contributed by atoms with E-state index in [4.69, 9.17) is 0 Å². The summed E-state index contributed by atoms with van der Waals surface area (Å²) in [6.45, 7) is 5.35. The molecule has 2 aliphatic heterocycles. The van der Waals surface area contributed by atoms with Gasteiger partial charge >= 0.3 is 0 Å². The number of rotatable bonds is 2. The number of anilines is 1. The van der Waals surface area contributed by atoms with Crippen LogP contribution in [0.3, 0.4) is 0 Å². The lowest BCUT2D eigenvalue weighted by Gasteiger charge is -2.23. The summed E-state index contributed by atoms with van der Waals surface area (Å²) >= 11 is 0. The number of likely N-dealkylation sites (N-methyl/N-ethyl adjacent to an activating group) is 1. The van der Waals surface area contributed by atoms with Crippen LogP contribution < -0.4 is 4.90 Å². The lowest BCUT2D eigenvalue weighted by atomic mass is 9.83. The molecule has 0 saturated carbocycles. The fraction of sp³-hybridized carbons (Fsp3) is 0.409. The van der Waals surface area contributed by atoms with Gasteiger partial charge in [0, 0.05) is 36.8 Å². The van der Waals surface area contributed by atoms with E-state index < -0.39 is 0 Å². The highest BCUT2D eigenvalue weighted by molar-refractivity contribution is 5.76. The Balaban J connectivity index is 1.73. The predicted molar refractivity (Wildman–Crippen MR) is 107 cm³/mol. The number of nitriles is 1. The number of para-hydroxylation sites is 1. The van der Waals surface area contributed by atoms with Crippen molar-refractivity contribution in [2.75, 3.05) is 11.9 Å². The van der Waals surface area contributed by atoms with Crippen molar-refractivity contribution in [1.29, 1.82) is 5.26 Å². The van der Waals surface area contributed by atoms with Crippen LogP contribution in [0.15, 0.2) is 42.1 Å². The largest absolute Gasteiger partial charge is 0.347 e. The molecule has 0 spiro atoms. The normalized spacial score (nSPS) is 20.1. The summed E-state index contributed by atoms with van der Waals surface area (Å²) < 4.78 is 2.12. The molecule has 3 heterocycles. The molecule has 4 rings (SSSR count). The van der Waals surface area contributed by atoms with Crippen molar-refractivity contribution < 1.29 is 0 Å². The molecule has 5 heteroatoms. The maximum atomic E-state index is 9.77. The van der Waals surface area contributed by atoms with Crippen LogP contribution in [0.5, 0.6) is 0 Å². The van der Waals surface area contributed by atoms with Crippen LogP contribution in [-0.4, -0.2) is 21.8 Å². The van der Waals surface area contributed by atoms with Crippen LogP contribution in [-0.2, 0) is 18.4 Å². The first-order valence-corrected chi connectivity index (χ1v) is 9.62. The predicted octanol–water partition coefficient (Wildman–Crippen LogP) is 4.22. The van der Waals surface area contributed by atoms with Gasteiger partial charge in [0.05, 0.1) is 5.57 Å². The van der Waals surface area contributed by atoms with Gasteiger partial charge in [0.25, 0.3) is 0 Å². The third-order valence-electron chi connectivity index (χ3n) is 5.82. The molecule has 0 amide bonds. The van der Waals surface area contributed by atoms with Gasteiger partial charge in [0.2, 0.25) is 0 Å². The Bertz CT molecular complexity index is 971. The molecule has 2 aromatic rings. The van der Waals surface area contributed by atoms with Gasteiger partial charge in [-0.05, 0) is 36.6 Å². The standard InChI is InChI=1S/C22H25N5/c1-22(2)17-9-6-7-10-18(17)26(3)19(22)13-12-16(15-23)21-25-24-20-11-5-4-8-14-27(20)21/h6-7,9-10,12-13H,4-5,8,11,14H2,1-3H3/b16-12+,19-13+. The topological polar surface area (TPSA) is 57.7 Å². The zero-order chi connectivity index (χ0) is 19.0. The van der Waals surface area contributed by atoms with E-state index in [2.05, 4.69) is 77.0 Å². The number of aryl methyl sites for hydroxylation is 1. The third-order valence-corrected chi connectivity index (χ3v) is 5.82. The Morgan fingerprint density at radius 2 is 2.00 bits per heavy atom. The highest BCUT2D eigenvalue weighted by Crippen LogP contribution is 2.46. The number of fused-ring (bicyclic) bond motifs is 2. The SMILES string of the molecule is CN1/C(=C/C=C(\C#N)c2nnc3n2CCCCC3)C(C)(C)c2ccccc21. The summed E-state index contributed by atoms with van der Waals surface area (Å²) in [4.78, 5) is 2.21. The molecule has 0 N–H and O–H groups in total. The molecule has 0 bridgehead atoms. The third kappa shape index (κ3) is 2.86. The second-order valence-corrected chi connectivity index (χ2v) is 7.85. The highest BCUT2D eigenvalue weighted by Gasteiger charge is 2.37. The summed E-state index contributed by atoms with van der Waals surface area (Å²) in [6, 6.07) is 10.8.